The van der Waals surface area contributed by atoms with Gasteiger partial charge in [-0.1, -0.05) is 19.1 Å². The van der Waals surface area contributed by atoms with Crippen LogP contribution >= 0.6 is 22.6 Å². The minimum atomic E-state index is 0.360. The molecule has 0 bridgehead atoms. The zero-order valence-corrected chi connectivity index (χ0v) is 12.6. The van der Waals surface area contributed by atoms with Gasteiger partial charge in [0.1, 0.15) is 0 Å². The van der Waals surface area contributed by atoms with E-state index in [1.807, 2.05) is 7.05 Å². The lowest BCUT2D eigenvalue weighted by molar-refractivity contribution is 0.0634. The lowest BCUT2D eigenvalue weighted by Gasteiger charge is -2.25. The zero-order valence-electron chi connectivity index (χ0n) is 10.4. The minimum absolute atomic E-state index is 0.360. The number of nitrogens with one attached hydrogen (secondary N) is 1. The highest BCUT2D eigenvalue weighted by molar-refractivity contribution is 14.1. The molecule has 3 unspecified atom stereocenters. The first kappa shape index (κ1) is 13.3. The number of hydrogen-bond acceptors (Lipinski definition) is 2. The van der Waals surface area contributed by atoms with E-state index in [-0.39, 0.29) is 0 Å². The third-order valence-corrected chi connectivity index (χ3v) is 4.30. The van der Waals surface area contributed by atoms with Crippen molar-refractivity contribution >= 4 is 22.6 Å². The summed E-state index contributed by atoms with van der Waals surface area (Å²) < 4.78 is 7.14. The molecule has 0 saturated carbocycles. The maximum Gasteiger partial charge on any atom is 0.0757 e. The van der Waals surface area contributed by atoms with Crippen LogP contribution < -0.4 is 5.32 Å². The van der Waals surface area contributed by atoms with E-state index in [2.05, 4.69) is 59.1 Å². The van der Waals surface area contributed by atoms with E-state index in [1.54, 1.807) is 0 Å². The Morgan fingerprint density at radius 2 is 2.12 bits per heavy atom. The highest BCUT2D eigenvalue weighted by Crippen LogP contribution is 2.24. The SMILES string of the molecule is CNC(Cc1ccc(I)cc1)C1OCCC1C. The van der Waals surface area contributed by atoms with Gasteiger partial charge in [-0.05, 0) is 66.1 Å². The van der Waals surface area contributed by atoms with E-state index in [0.717, 1.165) is 13.0 Å². The van der Waals surface area contributed by atoms with Crippen LogP contribution in [-0.2, 0) is 11.2 Å². The van der Waals surface area contributed by atoms with Gasteiger partial charge in [0.25, 0.3) is 0 Å². The Hall–Kier alpha value is -0.130. The van der Waals surface area contributed by atoms with Crippen molar-refractivity contribution in [2.75, 3.05) is 13.7 Å². The molecule has 1 aromatic rings. The number of halogens is 1. The van der Waals surface area contributed by atoms with Crippen molar-refractivity contribution in [2.45, 2.75) is 31.9 Å². The van der Waals surface area contributed by atoms with Crippen LogP contribution in [0.5, 0.6) is 0 Å². The molecule has 0 spiro atoms. The minimum Gasteiger partial charge on any atom is -0.376 e. The van der Waals surface area contributed by atoms with E-state index < -0.39 is 0 Å². The molecular formula is C14H20INO. The molecule has 1 N–H and O–H groups in total. The predicted molar refractivity (Wildman–Crippen MR) is 79.2 cm³/mol. The number of likely N-dealkylation sites (N-methyl/N-ethyl adjacent to an activating group) is 1. The van der Waals surface area contributed by atoms with Crippen LogP contribution in [0.3, 0.4) is 0 Å². The number of benzene rings is 1. The van der Waals surface area contributed by atoms with E-state index in [4.69, 9.17) is 4.74 Å². The second-order valence-corrected chi connectivity index (χ2v) is 6.07. The Bertz CT molecular complexity index is 352. The fraction of sp³-hybridized carbons (Fsp3) is 0.571. The quantitative estimate of drug-likeness (QED) is 0.848. The summed E-state index contributed by atoms with van der Waals surface area (Å²) in [6, 6.07) is 9.19. The summed E-state index contributed by atoms with van der Waals surface area (Å²) >= 11 is 2.34. The molecule has 1 fully saturated rings. The van der Waals surface area contributed by atoms with E-state index in [1.165, 1.54) is 15.6 Å². The highest BCUT2D eigenvalue weighted by atomic mass is 127. The van der Waals surface area contributed by atoms with Crippen molar-refractivity contribution in [1.82, 2.24) is 5.32 Å². The number of hydrogen-bond donors (Lipinski definition) is 1. The van der Waals surface area contributed by atoms with Crippen LogP contribution in [0.4, 0.5) is 0 Å². The van der Waals surface area contributed by atoms with Gasteiger partial charge in [-0.3, -0.25) is 0 Å². The van der Waals surface area contributed by atoms with Crippen molar-refractivity contribution in [3.05, 3.63) is 33.4 Å². The first-order valence-corrected chi connectivity index (χ1v) is 7.32. The van der Waals surface area contributed by atoms with Gasteiger partial charge in [0, 0.05) is 16.2 Å². The van der Waals surface area contributed by atoms with Crippen LogP contribution in [0.1, 0.15) is 18.9 Å². The topological polar surface area (TPSA) is 21.3 Å². The summed E-state index contributed by atoms with van der Waals surface area (Å²) in [5, 5.41) is 3.41. The molecule has 0 radical (unpaired) electrons. The molecular weight excluding hydrogens is 325 g/mol. The molecule has 1 saturated heterocycles. The maximum absolute atomic E-state index is 5.85. The third kappa shape index (κ3) is 3.42. The lowest BCUT2D eigenvalue weighted by Crippen LogP contribution is -2.41. The molecule has 1 aromatic carbocycles. The van der Waals surface area contributed by atoms with Crippen LogP contribution in [0.25, 0.3) is 0 Å². The van der Waals surface area contributed by atoms with E-state index in [9.17, 15) is 0 Å². The Morgan fingerprint density at radius 1 is 1.41 bits per heavy atom. The molecule has 2 rings (SSSR count). The van der Waals surface area contributed by atoms with Gasteiger partial charge < -0.3 is 10.1 Å². The van der Waals surface area contributed by atoms with E-state index in [0.29, 0.717) is 18.1 Å². The van der Waals surface area contributed by atoms with Crippen molar-refractivity contribution in [3.63, 3.8) is 0 Å². The predicted octanol–water partition coefficient (Wildman–Crippen LogP) is 2.85. The van der Waals surface area contributed by atoms with E-state index >= 15 is 0 Å². The molecule has 0 aliphatic carbocycles. The molecule has 94 valence electrons. The second kappa shape index (κ2) is 6.16. The van der Waals surface area contributed by atoms with Crippen LogP contribution in [0, 0.1) is 9.49 Å². The first-order chi connectivity index (χ1) is 8.20. The average molecular weight is 345 g/mol. The summed E-state index contributed by atoms with van der Waals surface area (Å²) in [6.45, 7) is 3.20. The largest absolute Gasteiger partial charge is 0.376 e. The summed E-state index contributed by atoms with van der Waals surface area (Å²) in [4.78, 5) is 0. The fourth-order valence-electron chi connectivity index (χ4n) is 2.49. The Labute approximate surface area is 117 Å². The van der Waals surface area contributed by atoms with Gasteiger partial charge in [-0.15, -0.1) is 0 Å². The lowest BCUT2D eigenvalue weighted by atomic mass is 9.93. The van der Waals surface area contributed by atoms with Crippen LogP contribution in [-0.4, -0.2) is 25.8 Å². The molecule has 17 heavy (non-hydrogen) atoms. The Morgan fingerprint density at radius 3 is 2.65 bits per heavy atom. The Balaban J connectivity index is 2.01. The summed E-state index contributed by atoms with van der Waals surface area (Å²) in [7, 11) is 2.03. The van der Waals surface area contributed by atoms with Gasteiger partial charge in [0.2, 0.25) is 0 Å². The van der Waals surface area contributed by atoms with Crippen molar-refractivity contribution in [3.8, 4) is 0 Å². The highest BCUT2D eigenvalue weighted by Gasteiger charge is 2.31. The molecule has 0 amide bonds. The molecule has 1 aliphatic heterocycles. The monoisotopic (exact) mass is 345 g/mol. The van der Waals surface area contributed by atoms with Crippen LogP contribution in [0.2, 0.25) is 0 Å². The molecule has 0 aromatic heterocycles. The molecule has 3 atom stereocenters. The van der Waals surface area contributed by atoms with Gasteiger partial charge in [0.15, 0.2) is 0 Å². The van der Waals surface area contributed by atoms with Crippen molar-refractivity contribution in [1.29, 1.82) is 0 Å². The molecule has 1 heterocycles. The van der Waals surface area contributed by atoms with Gasteiger partial charge >= 0.3 is 0 Å². The van der Waals surface area contributed by atoms with Crippen LogP contribution in [0.15, 0.2) is 24.3 Å². The van der Waals surface area contributed by atoms with Gasteiger partial charge in [0.05, 0.1) is 6.10 Å². The summed E-state index contributed by atoms with van der Waals surface area (Å²) in [5.74, 6) is 0.663. The second-order valence-electron chi connectivity index (χ2n) is 4.83. The number of rotatable bonds is 4. The average Bonchev–Trinajstić information content (AvgIpc) is 2.75. The van der Waals surface area contributed by atoms with Gasteiger partial charge in [-0.2, -0.15) is 0 Å². The number of ether oxygens (including phenoxy) is 1. The van der Waals surface area contributed by atoms with Gasteiger partial charge in [-0.25, -0.2) is 0 Å². The molecule has 3 heteroatoms. The van der Waals surface area contributed by atoms with Crippen molar-refractivity contribution in [2.24, 2.45) is 5.92 Å². The standard InChI is InChI=1S/C14H20INO/c1-10-7-8-17-14(10)13(16-2)9-11-3-5-12(15)6-4-11/h3-6,10,13-14,16H,7-9H2,1-2H3. The van der Waals surface area contributed by atoms with Crippen molar-refractivity contribution < 1.29 is 4.74 Å². The maximum atomic E-state index is 5.85. The molecule has 1 aliphatic rings. The normalized spacial score (nSPS) is 26.1. The summed E-state index contributed by atoms with van der Waals surface area (Å²) in [6.07, 6.45) is 2.59. The summed E-state index contributed by atoms with van der Waals surface area (Å²) in [5.41, 5.74) is 1.38. The first-order valence-electron chi connectivity index (χ1n) is 6.24. The smallest absolute Gasteiger partial charge is 0.0757 e. The third-order valence-electron chi connectivity index (χ3n) is 3.58. The zero-order chi connectivity index (χ0) is 12.3. The Kier molecular flexibility index (Phi) is 4.82. The molecule has 2 nitrogen and oxygen atoms in total. The fourth-order valence-corrected chi connectivity index (χ4v) is 2.85.